The molecule has 0 bridgehead atoms. The van der Waals surface area contributed by atoms with Gasteiger partial charge in [0.15, 0.2) is 0 Å². The van der Waals surface area contributed by atoms with Crippen LogP contribution in [0.1, 0.15) is 56.6 Å². The van der Waals surface area contributed by atoms with Crippen LogP contribution in [-0.4, -0.2) is 23.1 Å². The molecule has 0 radical (unpaired) electrons. The van der Waals surface area contributed by atoms with Crippen molar-refractivity contribution in [2.24, 2.45) is 11.8 Å². The Labute approximate surface area is 110 Å². The lowest BCUT2D eigenvalue weighted by molar-refractivity contribution is 0.341. The molecular weight excluding hydrogens is 222 g/mol. The number of nitrogens with one attached hydrogen (secondary N) is 2. The van der Waals surface area contributed by atoms with E-state index in [1.165, 1.54) is 63.7 Å². The molecular formula is C15H25N3. The predicted molar refractivity (Wildman–Crippen MR) is 73.5 cm³/mol. The molecule has 0 spiro atoms. The summed E-state index contributed by atoms with van der Waals surface area (Å²) >= 11 is 0. The van der Waals surface area contributed by atoms with E-state index in [9.17, 15) is 0 Å². The summed E-state index contributed by atoms with van der Waals surface area (Å²) in [6.45, 7) is 2.45. The molecule has 2 saturated carbocycles. The van der Waals surface area contributed by atoms with Gasteiger partial charge in [0.2, 0.25) is 0 Å². The molecule has 3 rings (SSSR count). The summed E-state index contributed by atoms with van der Waals surface area (Å²) in [5.74, 6) is 2.62. The monoisotopic (exact) mass is 247 g/mol. The number of imidazole rings is 1. The molecule has 2 aliphatic carbocycles. The van der Waals surface area contributed by atoms with Crippen molar-refractivity contribution in [3.05, 3.63) is 18.2 Å². The molecule has 1 aromatic heterocycles. The lowest BCUT2D eigenvalue weighted by Gasteiger charge is -2.21. The van der Waals surface area contributed by atoms with Gasteiger partial charge in [0, 0.05) is 17.8 Å². The first-order valence-electron chi connectivity index (χ1n) is 7.62. The maximum absolute atomic E-state index is 4.10. The molecule has 2 aliphatic rings. The van der Waals surface area contributed by atoms with Gasteiger partial charge in [0.05, 0.1) is 6.33 Å². The fourth-order valence-electron chi connectivity index (χ4n) is 3.40. The fourth-order valence-corrected chi connectivity index (χ4v) is 3.40. The minimum absolute atomic E-state index is 0.768. The number of hydrogen-bond donors (Lipinski definition) is 2. The lowest BCUT2D eigenvalue weighted by Crippen LogP contribution is -2.25. The molecule has 1 heterocycles. The Bertz CT molecular complexity index is 341. The highest BCUT2D eigenvalue weighted by Gasteiger charge is 2.38. The van der Waals surface area contributed by atoms with Crippen molar-refractivity contribution in [2.75, 3.05) is 13.1 Å². The average Bonchev–Trinajstić information content (AvgIpc) is 2.98. The molecule has 2 fully saturated rings. The number of aromatic amines is 1. The van der Waals surface area contributed by atoms with Crippen LogP contribution in [0.4, 0.5) is 0 Å². The number of rotatable bonds is 6. The molecule has 3 heteroatoms. The predicted octanol–water partition coefficient (Wildman–Crippen LogP) is 3.07. The van der Waals surface area contributed by atoms with Crippen molar-refractivity contribution in [3.8, 4) is 0 Å². The van der Waals surface area contributed by atoms with Crippen LogP contribution in [0.15, 0.2) is 12.5 Å². The normalized spacial score (nSPS) is 28.4. The molecule has 100 valence electrons. The maximum Gasteiger partial charge on any atom is 0.0921 e. The Hall–Kier alpha value is -0.830. The van der Waals surface area contributed by atoms with E-state index in [0.717, 1.165) is 17.8 Å². The van der Waals surface area contributed by atoms with Crippen LogP contribution in [0.2, 0.25) is 0 Å². The molecule has 0 amide bonds. The molecule has 2 N–H and O–H groups in total. The second kappa shape index (κ2) is 5.87. The minimum atomic E-state index is 0.768. The van der Waals surface area contributed by atoms with E-state index < -0.39 is 0 Å². The van der Waals surface area contributed by atoms with Crippen LogP contribution >= 0.6 is 0 Å². The molecule has 0 aromatic carbocycles. The average molecular weight is 247 g/mol. The Morgan fingerprint density at radius 1 is 1.28 bits per heavy atom. The SMILES string of the molecule is c1ncc([C@@H]2C[C@H]2CCNCC2CCCCC2)[nH]1. The first kappa shape index (κ1) is 12.2. The third-order valence-corrected chi connectivity index (χ3v) is 4.69. The van der Waals surface area contributed by atoms with E-state index in [2.05, 4.69) is 15.3 Å². The zero-order chi connectivity index (χ0) is 12.2. The topological polar surface area (TPSA) is 40.7 Å². The quantitative estimate of drug-likeness (QED) is 0.758. The molecule has 1 aromatic rings. The van der Waals surface area contributed by atoms with Crippen molar-refractivity contribution < 1.29 is 0 Å². The van der Waals surface area contributed by atoms with Gasteiger partial charge in [-0.1, -0.05) is 19.3 Å². The third-order valence-electron chi connectivity index (χ3n) is 4.69. The Morgan fingerprint density at radius 3 is 2.94 bits per heavy atom. The second-order valence-corrected chi connectivity index (χ2v) is 6.11. The van der Waals surface area contributed by atoms with Crippen LogP contribution in [0.3, 0.4) is 0 Å². The van der Waals surface area contributed by atoms with Gasteiger partial charge in [-0.15, -0.1) is 0 Å². The van der Waals surface area contributed by atoms with E-state index in [4.69, 9.17) is 0 Å². The van der Waals surface area contributed by atoms with E-state index in [0.29, 0.717) is 0 Å². The highest BCUT2D eigenvalue weighted by Crippen LogP contribution is 2.48. The van der Waals surface area contributed by atoms with Gasteiger partial charge < -0.3 is 10.3 Å². The summed E-state index contributed by atoms with van der Waals surface area (Å²) in [7, 11) is 0. The largest absolute Gasteiger partial charge is 0.348 e. The van der Waals surface area contributed by atoms with Crippen LogP contribution in [-0.2, 0) is 0 Å². The first-order valence-corrected chi connectivity index (χ1v) is 7.62. The maximum atomic E-state index is 4.10. The Morgan fingerprint density at radius 2 is 2.17 bits per heavy atom. The smallest absolute Gasteiger partial charge is 0.0921 e. The van der Waals surface area contributed by atoms with Gasteiger partial charge >= 0.3 is 0 Å². The summed E-state index contributed by atoms with van der Waals surface area (Å²) in [6, 6.07) is 0. The molecule has 3 nitrogen and oxygen atoms in total. The summed E-state index contributed by atoms with van der Waals surface area (Å²) < 4.78 is 0. The highest BCUT2D eigenvalue weighted by atomic mass is 14.9. The fraction of sp³-hybridized carbons (Fsp3) is 0.800. The number of hydrogen-bond acceptors (Lipinski definition) is 2. The van der Waals surface area contributed by atoms with E-state index in [1.54, 1.807) is 6.33 Å². The van der Waals surface area contributed by atoms with Gasteiger partial charge in [0.1, 0.15) is 0 Å². The van der Waals surface area contributed by atoms with Crippen LogP contribution in [0.25, 0.3) is 0 Å². The molecule has 18 heavy (non-hydrogen) atoms. The number of H-pyrrole nitrogens is 1. The van der Waals surface area contributed by atoms with E-state index >= 15 is 0 Å². The Kier molecular flexibility index (Phi) is 3.99. The second-order valence-electron chi connectivity index (χ2n) is 6.11. The van der Waals surface area contributed by atoms with Crippen molar-refractivity contribution in [3.63, 3.8) is 0 Å². The summed E-state index contributed by atoms with van der Waals surface area (Å²) in [4.78, 5) is 7.34. The molecule has 0 unspecified atom stereocenters. The standard InChI is InChI=1S/C15H25N3/c1-2-4-12(5-3-1)9-16-7-6-13-8-14(13)15-10-17-11-18-15/h10-14,16H,1-9H2,(H,17,18)/t13-,14-/m1/s1. The van der Waals surface area contributed by atoms with E-state index in [-0.39, 0.29) is 0 Å². The Balaban J connectivity index is 1.27. The van der Waals surface area contributed by atoms with Crippen LogP contribution in [0.5, 0.6) is 0 Å². The zero-order valence-corrected chi connectivity index (χ0v) is 11.2. The summed E-state index contributed by atoms with van der Waals surface area (Å²) in [5.41, 5.74) is 1.34. The summed E-state index contributed by atoms with van der Waals surface area (Å²) in [6.07, 6.45) is 13.7. The van der Waals surface area contributed by atoms with Crippen molar-refractivity contribution >= 4 is 0 Å². The first-order chi connectivity index (χ1) is 8.93. The van der Waals surface area contributed by atoms with Gasteiger partial charge in [-0.25, -0.2) is 4.98 Å². The molecule has 0 aliphatic heterocycles. The van der Waals surface area contributed by atoms with Gasteiger partial charge in [0.25, 0.3) is 0 Å². The van der Waals surface area contributed by atoms with Crippen LogP contribution in [0, 0.1) is 11.8 Å². The number of aromatic nitrogens is 2. The van der Waals surface area contributed by atoms with Crippen molar-refractivity contribution in [1.29, 1.82) is 0 Å². The van der Waals surface area contributed by atoms with Crippen molar-refractivity contribution in [1.82, 2.24) is 15.3 Å². The highest BCUT2D eigenvalue weighted by molar-refractivity contribution is 5.14. The van der Waals surface area contributed by atoms with Gasteiger partial charge in [-0.2, -0.15) is 0 Å². The molecule has 0 saturated heterocycles. The lowest BCUT2D eigenvalue weighted by atomic mass is 9.89. The van der Waals surface area contributed by atoms with Crippen LogP contribution < -0.4 is 5.32 Å². The third kappa shape index (κ3) is 3.14. The number of nitrogens with zero attached hydrogens (tertiary/aromatic N) is 1. The van der Waals surface area contributed by atoms with Crippen molar-refractivity contribution in [2.45, 2.75) is 50.9 Å². The minimum Gasteiger partial charge on any atom is -0.348 e. The zero-order valence-electron chi connectivity index (χ0n) is 11.2. The van der Waals surface area contributed by atoms with Gasteiger partial charge in [-0.3, -0.25) is 0 Å². The summed E-state index contributed by atoms with van der Waals surface area (Å²) in [5, 5.41) is 3.67. The van der Waals surface area contributed by atoms with Gasteiger partial charge in [-0.05, 0) is 50.6 Å². The van der Waals surface area contributed by atoms with E-state index in [1.807, 2.05) is 6.20 Å². The molecule has 2 atom stereocenters.